The average Bonchev–Trinajstić information content (AvgIpc) is 3.01. The van der Waals surface area contributed by atoms with Gasteiger partial charge in [-0.05, 0) is 31.9 Å². The van der Waals surface area contributed by atoms with Gasteiger partial charge < -0.3 is 4.98 Å². The molecule has 1 fully saturated rings. The van der Waals surface area contributed by atoms with Gasteiger partial charge in [0, 0.05) is 49.2 Å². The zero-order chi connectivity index (χ0) is 15.2. The summed E-state index contributed by atoms with van der Waals surface area (Å²) in [5.74, 6) is 1.65. The highest BCUT2D eigenvalue weighted by Crippen LogP contribution is 2.25. The predicted molar refractivity (Wildman–Crippen MR) is 86.5 cm³/mol. The summed E-state index contributed by atoms with van der Waals surface area (Å²) in [6, 6.07) is 2.05. The summed E-state index contributed by atoms with van der Waals surface area (Å²) in [7, 11) is 0. The Kier molecular flexibility index (Phi) is 5.16. The molecule has 1 aliphatic rings. The molecule has 0 aliphatic carbocycles. The lowest BCUT2D eigenvalue weighted by Gasteiger charge is -2.31. The molecule has 3 rings (SSSR count). The van der Waals surface area contributed by atoms with Crippen LogP contribution in [0.4, 0.5) is 0 Å². The number of unbranched alkanes of at least 4 members (excludes halogenated alkanes) is 1. The van der Waals surface area contributed by atoms with Crippen LogP contribution < -0.4 is 0 Å². The molecule has 1 aliphatic heterocycles. The molecule has 1 saturated heterocycles. The smallest absolute Gasteiger partial charge is 0.115 e. The van der Waals surface area contributed by atoms with E-state index >= 15 is 0 Å². The van der Waals surface area contributed by atoms with Crippen molar-refractivity contribution in [2.45, 2.75) is 51.5 Å². The fourth-order valence-corrected chi connectivity index (χ4v) is 3.18. The van der Waals surface area contributed by atoms with Gasteiger partial charge in [-0.1, -0.05) is 13.3 Å². The number of nitrogens with one attached hydrogen (secondary N) is 1. The number of aryl methyl sites for hydroxylation is 1. The van der Waals surface area contributed by atoms with Crippen LogP contribution in [-0.4, -0.2) is 37.9 Å². The molecular formula is C17H25N5. The lowest BCUT2D eigenvalue weighted by atomic mass is 9.94. The molecule has 0 amide bonds. The largest absolute Gasteiger partial charge is 0.345 e. The van der Waals surface area contributed by atoms with Crippen LogP contribution >= 0.6 is 0 Å². The highest BCUT2D eigenvalue weighted by Gasteiger charge is 2.22. The van der Waals surface area contributed by atoms with Gasteiger partial charge in [0.15, 0.2) is 0 Å². The third-order valence-corrected chi connectivity index (χ3v) is 4.37. The minimum Gasteiger partial charge on any atom is -0.345 e. The molecule has 1 atom stereocenters. The minimum atomic E-state index is 0.527. The van der Waals surface area contributed by atoms with Crippen molar-refractivity contribution < 1.29 is 0 Å². The van der Waals surface area contributed by atoms with Crippen LogP contribution in [0.1, 0.15) is 55.7 Å². The number of likely N-dealkylation sites (tertiary alicyclic amines) is 1. The van der Waals surface area contributed by atoms with Gasteiger partial charge in [0.25, 0.3) is 0 Å². The first-order valence-electron chi connectivity index (χ1n) is 8.36. The minimum absolute atomic E-state index is 0.527. The maximum Gasteiger partial charge on any atom is 0.115 e. The quantitative estimate of drug-likeness (QED) is 0.891. The van der Waals surface area contributed by atoms with Crippen molar-refractivity contribution >= 4 is 0 Å². The highest BCUT2D eigenvalue weighted by molar-refractivity contribution is 5.08. The van der Waals surface area contributed by atoms with E-state index in [2.05, 4.69) is 31.8 Å². The molecule has 2 aromatic heterocycles. The second-order valence-corrected chi connectivity index (χ2v) is 6.17. The van der Waals surface area contributed by atoms with Crippen LogP contribution in [0.3, 0.4) is 0 Å². The first-order valence-corrected chi connectivity index (χ1v) is 8.36. The van der Waals surface area contributed by atoms with E-state index in [1.165, 1.54) is 37.1 Å². The van der Waals surface area contributed by atoms with Gasteiger partial charge in [0.2, 0.25) is 0 Å². The number of rotatable bonds is 6. The molecule has 0 unspecified atom stereocenters. The van der Waals surface area contributed by atoms with E-state index in [0.717, 1.165) is 31.9 Å². The molecule has 0 radical (unpaired) electrons. The second kappa shape index (κ2) is 7.49. The third kappa shape index (κ3) is 3.91. The Morgan fingerprint density at radius 2 is 2.32 bits per heavy atom. The van der Waals surface area contributed by atoms with Gasteiger partial charge >= 0.3 is 0 Å². The summed E-state index contributed by atoms with van der Waals surface area (Å²) in [4.78, 5) is 18.9. The molecule has 0 saturated carbocycles. The van der Waals surface area contributed by atoms with Crippen LogP contribution in [0.25, 0.3) is 0 Å². The van der Waals surface area contributed by atoms with Crippen LogP contribution in [0.5, 0.6) is 0 Å². The molecule has 0 bridgehead atoms. The fourth-order valence-electron chi connectivity index (χ4n) is 3.18. The first kappa shape index (κ1) is 15.2. The van der Waals surface area contributed by atoms with E-state index in [0.29, 0.717) is 5.92 Å². The molecule has 118 valence electrons. The Morgan fingerprint density at radius 1 is 1.36 bits per heavy atom. The van der Waals surface area contributed by atoms with Crippen molar-refractivity contribution in [1.29, 1.82) is 0 Å². The summed E-state index contributed by atoms with van der Waals surface area (Å²) in [5, 5.41) is 0. The molecule has 0 spiro atoms. The topological polar surface area (TPSA) is 57.7 Å². The zero-order valence-corrected chi connectivity index (χ0v) is 13.3. The molecule has 22 heavy (non-hydrogen) atoms. The first-order chi connectivity index (χ1) is 10.8. The van der Waals surface area contributed by atoms with E-state index < -0.39 is 0 Å². The third-order valence-electron chi connectivity index (χ3n) is 4.37. The second-order valence-electron chi connectivity index (χ2n) is 6.17. The van der Waals surface area contributed by atoms with E-state index in [9.17, 15) is 0 Å². The van der Waals surface area contributed by atoms with Gasteiger partial charge in [0.1, 0.15) is 12.2 Å². The summed E-state index contributed by atoms with van der Waals surface area (Å²) in [5.41, 5.74) is 2.40. The number of imidazole rings is 1. The Balaban J connectivity index is 1.57. The Morgan fingerprint density at radius 3 is 3.14 bits per heavy atom. The standard InChI is InChI=1S/C17H25N5/c1-2-3-6-17-19-10-15(21-17)12-22-9-4-5-14(11-22)16-7-8-18-13-20-16/h7-8,10,13-14H,2-6,9,11-12H2,1H3,(H,19,21)/t14-/m1/s1. The fraction of sp³-hybridized carbons (Fsp3) is 0.588. The summed E-state index contributed by atoms with van der Waals surface area (Å²) in [6.45, 7) is 5.40. The van der Waals surface area contributed by atoms with Gasteiger partial charge in [-0.25, -0.2) is 15.0 Å². The average molecular weight is 299 g/mol. The number of hydrogen-bond acceptors (Lipinski definition) is 4. The van der Waals surface area contributed by atoms with Crippen molar-refractivity contribution in [2.24, 2.45) is 0 Å². The monoisotopic (exact) mass is 299 g/mol. The number of aromatic amines is 1. The number of hydrogen-bond donors (Lipinski definition) is 1. The van der Waals surface area contributed by atoms with Gasteiger partial charge in [-0.2, -0.15) is 0 Å². The zero-order valence-electron chi connectivity index (χ0n) is 13.3. The van der Waals surface area contributed by atoms with E-state index in [1.807, 2.05) is 18.5 Å². The molecule has 2 aromatic rings. The van der Waals surface area contributed by atoms with Gasteiger partial charge in [0.05, 0.1) is 0 Å². The van der Waals surface area contributed by atoms with Crippen LogP contribution in [0.15, 0.2) is 24.8 Å². The van der Waals surface area contributed by atoms with Crippen LogP contribution in [0.2, 0.25) is 0 Å². The molecule has 0 aromatic carbocycles. The van der Waals surface area contributed by atoms with Crippen molar-refractivity contribution in [2.75, 3.05) is 13.1 Å². The summed E-state index contributed by atoms with van der Waals surface area (Å²) < 4.78 is 0. The van der Waals surface area contributed by atoms with Crippen LogP contribution in [0, 0.1) is 0 Å². The van der Waals surface area contributed by atoms with Gasteiger partial charge in [-0.15, -0.1) is 0 Å². The number of H-pyrrole nitrogens is 1. The van der Waals surface area contributed by atoms with Crippen molar-refractivity contribution in [3.05, 3.63) is 42.0 Å². The van der Waals surface area contributed by atoms with E-state index in [-0.39, 0.29) is 0 Å². The summed E-state index contributed by atoms with van der Waals surface area (Å²) >= 11 is 0. The SMILES string of the molecule is CCCCc1ncc(CN2CCC[C@@H](c3ccncn3)C2)[nH]1. The number of aromatic nitrogens is 4. The maximum atomic E-state index is 4.49. The van der Waals surface area contributed by atoms with E-state index in [4.69, 9.17) is 0 Å². The van der Waals surface area contributed by atoms with Crippen LogP contribution in [-0.2, 0) is 13.0 Å². The Hall–Kier alpha value is -1.75. The molecule has 3 heterocycles. The normalized spacial score (nSPS) is 19.4. The Labute approximate surface area is 132 Å². The van der Waals surface area contributed by atoms with Crippen molar-refractivity contribution in [3.63, 3.8) is 0 Å². The maximum absolute atomic E-state index is 4.49. The van der Waals surface area contributed by atoms with Crippen molar-refractivity contribution in [1.82, 2.24) is 24.8 Å². The van der Waals surface area contributed by atoms with Crippen molar-refractivity contribution in [3.8, 4) is 0 Å². The molecule has 5 nitrogen and oxygen atoms in total. The lowest BCUT2D eigenvalue weighted by molar-refractivity contribution is 0.196. The van der Waals surface area contributed by atoms with Gasteiger partial charge in [-0.3, -0.25) is 4.90 Å². The lowest BCUT2D eigenvalue weighted by Crippen LogP contribution is -2.34. The number of piperidine rings is 1. The van der Waals surface area contributed by atoms with E-state index in [1.54, 1.807) is 6.33 Å². The molecular weight excluding hydrogens is 274 g/mol. The Bertz CT molecular complexity index is 565. The molecule has 1 N–H and O–H groups in total. The number of nitrogens with zero attached hydrogens (tertiary/aromatic N) is 4. The highest BCUT2D eigenvalue weighted by atomic mass is 15.1. The molecule has 5 heteroatoms. The predicted octanol–water partition coefficient (Wildman–Crippen LogP) is 2.92. The summed E-state index contributed by atoms with van der Waals surface area (Å²) in [6.07, 6.45) is 11.4.